The van der Waals surface area contributed by atoms with Crippen molar-refractivity contribution in [1.29, 1.82) is 0 Å². The van der Waals surface area contributed by atoms with Gasteiger partial charge < -0.3 is 5.32 Å². The second-order valence-electron chi connectivity index (χ2n) is 5.10. The minimum Gasteiger partial charge on any atom is -0.309 e. The first-order valence-electron chi connectivity index (χ1n) is 6.89. The maximum atomic E-state index is 11.9. The molecule has 0 aliphatic heterocycles. The van der Waals surface area contributed by atoms with Crippen LogP contribution in [0.15, 0.2) is 41.9 Å². The highest BCUT2D eigenvalue weighted by molar-refractivity contribution is 7.11. The first-order chi connectivity index (χ1) is 9.68. The van der Waals surface area contributed by atoms with Crippen molar-refractivity contribution in [3.8, 4) is 0 Å². The highest BCUT2D eigenvalue weighted by Gasteiger charge is 2.15. The number of ketones is 1. The Kier molecular flexibility index (Phi) is 5.44. The van der Waals surface area contributed by atoms with Crippen LogP contribution < -0.4 is 5.32 Å². The van der Waals surface area contributed by atoms with Gasteiger partial charge in [-0.2, -0.15) is 0 Å². The van der Waals surface area contributed by atoms with Crippen LogP contribution in [0.4, 0.5) is 0 Å². The Balaban J connectivity index is 1.89. The van der Waals surface area contributed by atoms with Crippen molar-refractivity contribution in [2.75, 3.05) is 6.54 Å². The molecule has 20 heavy (non-hydrogen) atoms. The summed E-state index contributed by atoms with van der Waals surface area (Å²) in [5, 5.41) is 5.92. The topological polar surface area (TPSA) is 42.0 Å². The summed E-state index contributed by atoms with van der Waals surface area (Å²) in [6.07, 6.45) is 2.16. The highest BCUT2D eigenvalue weighted by atomic mass is 32.1. The van der Waals surface area contributed by atoms with Crippen LogP contribution in [0.5, 0.6) is 0 Å². The number of aromatic nitrogens is 1. The van der Waals surface area contributed by atoms with Crippen LogP contribution in [0.1, 0.15) is 41.7 Å². The fourth-order valence-corrected chi connectivity index (χ4v) is 2.81. The van der Waals surface area contributed by atoms with Gasteiger partial charge >= 0.3 is 0 Å². The number of carbonyl (C=O) groups is 1. The molecule has 1 aromatic carbocycles. The van der Waals surface area contributed by atoms with Crippen molar-refractivity contribution >= 4 is 17.1 Å². The Labute approximate surface area is 124 Å². The third kappa shape index (κ3) is 3.99. The molecule has 2 aromatic rings. The maximum absolute atomic E-state index is 11.9. The molecule has 0 bridgehead atoms. The van der Waals surface area contributed by atoms with Gasteiger partial charge in [0.2, 0.25) is 0 Å². The van der Waals surface area contributed by atoms with Crippen molar-refractivity contribution in [2.24, 2.45) is 5.92 Å². The lowest BCUT2D eigenvalue weighted by molar-refractivity contribution is 0.0980. The van der Waals surface area contributed by atoms with Gasteiger partial charge in [-0.1, -0.05) is 44.2 Å². The molecule has 0 aliphatic rings. The Bertz CT molecular complexity index is 523. The van der Waals surface area contributed by atoms with Gasteiger partial charge in [-0.3, -0.25) is 4.79 Å². The second-order valence-corrected chi connectivity index (χ2v) is 5.99. The first kappa shape index (κ1) is 14.9. The number of thiazole rings is 1. The lowest BCUT2D eigenvalue weighted by Gasteiger charge is -2.22. The Morgan fingerprint density at radius 3 is 2.65 bits per heavy atom. The normalized spacial score (nSPS) is 12.6. The number of nitrogens with one attached hydrogen (secondary N) is 1. The average molecular weight is 288 g/mol. The molecule has 4 heteroatoms. The summed E-state index contributed by atoms with van der Waals surface area (Å²) in [7, 11) is 0. The van der Waals surface area contributed by atoms with Gasteiger partial charge in [-0.15, -0.1) is 11.3 Å². The zero-order valence-electron chi connectivity index (χ0n) is 11.9. The van der Waals surface area contributed by atoms with Crippen LogP contribution in [-0.4, -0.2) is 17.3 Å². The summed E-state index contributed by atoms with van der Waals surface area (Å²) in [5.74, 6) is 0.593. The minimum absolute atomic E-state index is 0.114. The molecule has 106 valence electrons. The summed E-state index contributed by atoms with van der Waals surface area (Å²) in [5.41, 5.74) is 1.27. The number of benzene rings is 1. The first-order valence-corrected chi connectivity index (χ1v) is 7.77. The molecule has 0 radical (unpaired) electrons. The highest BCUT2D eigenvalue weighted by Crippen LogP contribution is 2.21. The molecule has 0 spiro atoms. The molecule has 0 fully saturated rings. The molecule has 0 saturated heterocycles. The van der Waals surface area contributed by atoms with Crippen molar-refractivity contribution in [3.63, 3.8) is 0 Å². The Morgan fingerprint density at radius 1 is 1.30 bits per heavy atom. The largest absolute Gasteiger partial charge is 0.309 e. The molecular weight excluding hydrogens is 268 g/mol. The summed E-state index contributed by atoms with van der Waals surface area (Å²) >= 11 is 1.40. The number of hydrogen-bond donors (Lipinski definition) is 1. The van der Waals surface area contributed by atoms with Gasteiger partial charge in [0.15, 0.2) is 10.8 Å². The van der Waals surface area contributed by atoms with Crippen molar-refractivity contribution in [3.05, 3.63) is 52.5 Å². The van der Waals surface area contributed by atoms with E-state index in [1.807, 2.05) is 23.6 Å². The molecule has 0 amide bonds. The van der Waals surface area contributed by atoms with Crippen LogP contribution in [0.3, 0.4) is 0 Å². The number of carbonyl (C=O) groups excluding carboxylic acids is 1. The van der Waals surface area contributed by atoms with E-state index in [-0.39, 0.29) is 11.8 Å². The summed E-state index contributed by atoms with van der Waals surface area (Å²) in [4.78, 5) is 15.9. The molecule has 0 aliphatic carbocycles. The number of rotatable bonds is 7. The van der Waals surface area contributed by atoms with Crippen molar-refractivity contribution in [2.45, 2.75) is 26.3 Å². The van der Waals surface area contributed by atoms with E-state index in [9.17, 15) is 4.79 Å². The van der Waals surface area contributed by atoms with E-state index in [0.29, 0.717) is 23.9 Å². The van der Waals surface area contributed by atoms with Crippen LogP contribution in [-0.2, 0) is 0 Å². The van der Waals surface area contributed by atoms with E-state index >= 15 is 0 Å². The zero-order chi connectivity index (χ0) is 14.4. The van der Waals surface area contributed by atoms with Gasteiger partial charge in [0.1, 0.15) is 0 Å². The SMILES string of the molecule is CC(C)C(NCCC(=O)c1nccs1)c1ccccc1. The van der Waals surface area contributed by atoms with E-state index in [1.54, 1.807) is 6.20 Å². The number of nitrogens with zero attached hydrogens (tertiary/aromatic N) is 1. The fourth-order valence-electron chi connectivity index (χ4n) is 2.21. The third-order valence-electron chi connectivity index (χ3n) is 3.21. The second kappa shape index (κ2) is 7.31. The summed E-state index contributed by atoms with van der Waals surface area (Å²) in [6.45, 7) is 5.05. The van der Waals surface area contributed by atoms with Crippen LogP contribution in [0, 0.1) is 5.92 Å². The molecule has 0 saturated carbocycles. The minimum atomic E-state index is 0.114. The Hall–Kier alpha value is -1.52. The average Bonchev–Trinajstić information content (AvgIpc) is 2.98. The van der Waals surface area contributed by atoms with Gasteiger partial charge in [0, 0.05) is 30.6 Å². The summed E-state index contributed by atoms with van der Waals surface area (Å²) < 4.78 is 0. The Morgan fingerprint density at radius 2 is 2.05 bits per heavy atom. The monoisotopic (exact) mass is 288 g/mol. The van der Waals surface area contributed by atoms with Crippen molar-refractivity contribution < 1.29 is 4.79 Å². The van der Waals surface area contributed by atoms with Gasteiger partial charge in [0.05, 0.1) is 0 Å². The third-order valence-corrected chi connectivity index (χ3v) is 4.03. The fraction of sp³-hybridized carbons (Fsp3) is 0.375. The quantitative estimate of drug-likeness (QED) is 0.790. The lowest BCUT2D eigenvalue weighted by atomic mass is 9.96. The van der Waals surface area contributed by atoms with Crippen LogP contribution in [0.25, 0.3) is 0 Å². The smallest absolute Gasteiger partial charge is 0.192 e. The molecule has 1 N–H and O–H groups in total. The molecule has 1 aromatic heterocycles. The van der Waals surface area contributed by atoms with Crippen molar-refractivity contribution in [1.82, 2.24) is 10.3 Å². The van der Waals surface area contributed by atoms with E-state index < -0.39 is 0 Å². The van der Waals surface area contributed by atoms with Gasteiger partial charge in [-0.05, 0) is 11.5 Å². The zero-order valence-corrected chi connectivity index (χ0v) is 12.7. The van der Waals surface area contributed by atoms with E-state index in [1.165, 1.54) is 16.9 Å². The van der Waals surface area contributed by atoms with E-state index in [2.05, 4.69) is 36.3 Å². The molecule has 1 heterocycles. The molecule has 3 nitrogen and oxygen atoms in total. The molecule has 2 rings (SSSR count). The number of hydrogen-bond acceptors (Lipinski definition) is 4. The van der Waals surface area contributed by atoms with Crippen LogP contribution >= 0.6 is 11.3 Å². The molecule has 1 unspecified atom stereocenters. The lowest BCUT2D eigenvalue weighted by Crippen LogP contribution is -2.27. The van der Waals surface area contributed by atoms with Crippen LogP contribution in [0.2, 0.25) is 0 Å². The predicted molar refractivity (Wildman–Crippen MR) is 83.1 cm³/mol. The van der Waals surface area contributed by atoms with Gasteiger partial charge in [0.25, 0.3) is 0 Å². The molecule has 1 atom stereocenters. The summed E-state index contributed by atoms with van der Waals surface area (Å²) in [6, 6.07) is 10.6. The maximum Gasteiger partial charge on any atom is 0.192 e. The van der Waals surface area contributed by atoms with E-state index in [4.69, 9.17) is 0 Å². The predicted octanol–water partition coefficient (Wildman–Crippen LogP) is 3.70. The molecular formula is C16H20N2OS. The number of Topliss-reactive ketones (excluding diaryl/α,β-unsaturated/α-hetero) is 1. The standard InChI is InChI=1S/C16H20N2OS/c1-12(2)15(13-6-4-3-5-7-13)17-9-8-14(19)16-18-10-11-20-16/h3-7,10-12,15,17H,8-9H2,1-2H3. The van der Waals surface area contributed by atoms with Gasteiger partial charge in [-0.25, -0.2) is 4.98 Å². The van der Waals surface area contributed by atoms with E-state index in [0.717, 1.165) is 0 Å².